The third-order valence-electron chi connectivity index (χ3n) is 4.45. The molecule has 2 aromatic rings. The third-order valence-corrected chi connectivity index (χ3v) is 4.45. The number of hydrogen-bond acceptors (Lipinski definition) is 3. The number of carbonyl (C=O) groups excluding carboxylic acids is 1. The number of amides is 1. The van der Waals surface area contributed by atoms with E-state index >= 15 is 0 Å². The zero-order valence-electron chi connectivity index (χ0n) is 13.8. The number of carbonyl (C=O) groups is 2. The van der Waals surface area contributed by atoms with Crippen molar-refractivity contribution in [3.63, 3.8) is 0 Å². The van der Waals surface area contributed by atoms with Gasteiger partial charge < -0.3 is 19.3 Å². The van der Waals surface area contributed by atoms with Crippen LogP contribution in [0.2, 0.25) is 0 Å². The fraction of sp³-hybridized carbons (Fsp3) is 0.444. The number of aromatic nitrogens is 1. The molecule has 3 rings (SSSR count). The van der Waals surface area contributed by atoms with Gasteiger partial charge >= 0.3 is 5.97 Å². The summed E-state index contributed by atoms with van der Waals surface area (Å²) >= 11 is 0. The molecular formula is C18H22N2O4. The fourth-order valence-corrected chi connectivity index (χ4v) is 3.26. The summed E-state index contributed by atoms with van der Waals surface area (Å²) in [5.41, 5.74) is 2.15. The van der Waals surface area contributed by atoms with Crippen molar-refractivity contribution < 1.29 is 19.4 Å². The zero-order valence-corrected chi connectivity index (χ0v) is 13.8. The van der Waals surface area contributed by atoms with Crippen molar-refractivity contribution in [1.82, 2.24) is 9.47 Å². The summed E-state index contributed by atoms with van der Waals surface area (Å²) in [6, 6.07) is 8.08. The lowest BCUT2D eigenvalue weighted by atomic mass is 10.1. The molecule has 1 aromatic heterocycles. The highest BCUT2D eigenvalue weighted by molar-refractivity contribution is 5.89. The Labute approximate surface area is 140 Å². The van der Waals surface area contributed by atoms with E-state index < -0.39 is 12.1 Å². The minimum Gasteiger partial charge on any atom is -0.481 e. The molecule has 1 amide bonds. The molecule has 128 valence electrons. The number of hydrogen-bond donors (Lipinski definition) is 1. The number of rotatable bonds is 5. The highest BCUT2D eigenvalue weighted by atomic mass is 16.5. The minimum absolute atomic E-state index is 0.0210. The second-order valence-corrected chi connectivity index (χ2v) is 6.06. The minimum atomic E-state index is -0.902. The van der Waals surface area contributed by atoms with Crippen LogP contribution in [0, 0.1) is 0 Å². The van der Waals surface area contributed by atoms with Crippen molar-refractivity contribution in [2.45, 2.75) is 32.4 Å². The monoisotopic (exact) mass is 330 g/mol. The summed E-state index contributed by atoms with van der Waals surface area (Å²) < 4.78 is 7.58. The van der Waals surface area contributed by atoms with Crippen LogP contribution < -0.4 is 0 Å². The molecule has 1 fully saturated rings. The van der Waals surface area contributed by atoms with Gasteiger partial charge in [0.05, 0.1) is 25.6 Å². The first-order valence-corrected chi connectivity index (χ1v) is 8.26. The Morgan fingerprint density at radius 1 is 1.33 bits per heavy atom. The maximum atomic E-state index is 12.7. The summed E-state index contributed by atoms with van der Waals surface area (Å²) in [7, 11) is 0. The molecule has 0 spiro atoms. The highest BCUT2D eigenvalue weighted by Gasteiger charge is 2.26. The smallest absolute Gasteiger partial charge is 0.306 e. The predicted molar refractivity (Wildman–Crippen MR) is 89.9 cm³/mol. The van der Waals surface area contributed by atoms with Gasteiger partial charge in [0.2, 0.25) is 5.91 Å². The van der Waals surface area contributed by atoms with E-state index in [4.69, 9.17) is 9.84 Å². The SMILES string of the molecule is CCn1cc(CC(=O)N2CCO[C@H](CC(=O)O)C2)c2ccccc21. The van der Waals surface area contributed by atoms with E-state index in [0.717, 1.165) is 23.0 Å². The predicted octanol–water partition coefficient (Wildman–Crippen LogP) is 1.91. The highest BCUT2D eigenvalue weighted by Crippen LogP contribution is 2.22. The summed E-state index contributed by atoms with van der Waals surface area (Å²) in [6.07, 6.45) is 1.88. The lowest BCUT2D eigenvalue weighted by Crippen LogP contribution is -2.46. The number of carboxylic acids is 1. The molecular weight excluding hydrogens is 308 g/mol. The van der Waals surface area contributed by atoms with E-state index in [-0.39, 0.29) is 12.3 Å². The van der Waals surface area contributed by atoms with Crippen LogP contribution in [0.4, 0.5) is 0 Å². The van der Waals surface area contributed by atoms with Crippen LogP contribution in [0.1, 0.15) is 18.9 Å². The average molecular weight is 330 g/mol. The molecule has 24 heavy (non-hydrogen) atoms. The lowest BCUT2D eigenvalue weighted by Gasteiger charge is -2.32. The summed E-state index contributed by atoms with van der Waals surface area (Å²) in [6.45, 7) is 4.18. The lowest BCUT2D eigenvalue weighted by molar-refractivity contribution is -0.147. The second-order valence-electron chi connectivity index (χ2n) is 6.06. The first-order chi connectivity index (χ1) is 11.6. The van der Waals surface area contributed by atoms with Gasteiger partial charge in [-0.1, -0.05) is 18.2 Å². The number of aliphatic carboxylic acids is 1. The molecule has 1 atom stereocenters. The molecule has 0 unspecified atom stereocenters. The number of fused-ring (bicyclic) bond motifs is 1. The van der Waals surface area contributed by atoms with Crippen LogP contribution in [-0.2, 0) is 27.3 Å². The van der Waals surface area contributed by atoms with Gasteiger partial charge in [0.15, 0.2) is 0 Å². The van der Waals surface area contributed by atoms with Crippen molar-refractivity contribution in [2.24, 2.45) is 0 Å². The third kappa shape index (κ3) is 3.43. The maximum Gasteiger partial charge on any atom is 0.306 e. The molecule has 1 N–H and O–H groups in total. The van der Waals surface area contributed by atoms with Crippen LogP contribution in [0.5, 0.6) is 0 Å². The van der Waals surface area contributed by atoms with Gasteiger partial charge in [0.25, 0.3) is 0 Å². The molecule has 1 aliphatic rings. The molecule has 1 aliphatic heterocycles. The molecule has 6 nitrogen and oxygen atoms in total. The Morgan fingerprint density at radius 2 is 2.12 bits per heavy atom. The van der Waals surface area contributed by atoms with E-state index in [1.54, 1.807) is 4.90 Å². The Kier molecular flexibility index (Phi) is 4.85. The Morgan fingerprint density at radius 3 is 2.88 bits per heavy atom. The largest absolute Gasteiger partial charge is 0.481 e. The molecule has 1 saturated heterocycles. The molecule has 6 heteroatoms. The quantitative estimate of drug-likeness (QED) is 0.909. The molecule has 0 bridgehead atoms. The van der Waals surface area contributed by atoms with Crippen molar-refractivity contribution in [3.05, 3.63) is 36.0 Å². The van der Waals surface area contributed by atoms with E-state index in [1.165, 1.54) is 0 Å². The van der Waals surface area contributed by atoms with Crippen molar-refractivity contribution in [3.8, 4) is 0 Å². The van der Waals surface area contributed by atoms with E-state index in [1.807, 2.05) is 24.4 Å². The van der Waals surface area contributed by atoms with Gasteiger partial charge in [0, 0.05) is 36.7 Å². The Hall–Kier alpha value is -2.34. The van der Waals surface area contributed by atoms with Crippen molar-refractivity contribution in [1.29, 1.82) is 0 Å². The number of ether oxygens (including phenoxy) is 1. The molecule has 0 saturated carbocycles. The average Bonchev–Trinajstić information content (AvgIpc) is 2.92. The summed E-state index contributed by atoms with van der Waals surface area (Å²) in [4.78, 5) is 25.2. The molecule has 1 aromatic carbocycles. The zero-order chi connectivity index (χ0) is 17.1. The number of morpholine rings is 1. The van der Waals surface area contributed by atoms with Crippen molar-refractivity contribution >= 4 is 22.8 Å². The Bertz CT molecular complexity index is 753. The van der Waals surface area contributed by atoms with Gasteiger partial charge in [-0.25, -0.2) is 0 Å². The molecule has 0 aliphatic carbocycles. The molecule has 2 heterocycles. The molecule has 0 radical (unpaired) electrons. The standard InChI is InChI=1S/C18H22N2O4/c1-2-19-11-13(15-5-3-4-6-16(15)19)9-17(21)20-7-8-24-14(12-20)10-18(22)23/h3-6,11,14H,2,7-10,12H2,1H3,(H,22,23)/t14-/m1/s1. The normalized spacial score (nSPS) is 18.0. The Balaban J connectivity index is 1.74. The van der Waals surface area contributed by atoms with Gasteiger partial charge in [0.1, 0.15) is 0 Å². The van der Waals surface area contributed by atoms with Crippen molar-refractivity contribution in [2.75, 3.05) is 19.7 Å². The van der Waals surface area contributed by atoms with Gasteiger partial charge in [-0.3, -0.25) is 9.59 Å². The summed E-state index contributed by atoms with van der Waals surface area (Å²) in [5, 5.41) is 9.99. The van der Waals surface area contributed by atoms with Gasteiger partial charge in [-0.05, 0) is 18.6 Å². The van der Waals surface area contributed by atoms with Crippen LogP contribution in [0.15, 0.2) is 30.5 Å². The van der Waals surface area contributed by atoms with E-state index in [9.17, 15) is 9.59 Å². The number of aryl methyl sites for hydroxylation is 1. The summed E-state index contributed by atoms with van der Waals surface area (Å²) in [5.74, 6) is -0.881. The van der Waals surface area contributed by atoms with Crippen LogP contribution in [0.25, 0.3) is 10.9 Å². The van der Waals surface area contributed by atoms with E-state index in [0.29, 0.717) is 26.1 Å². The first kappa shape index (κ1) is 16.5. The number of benzene rings is 1. The maximum absolute atomic E-state index is 12.7. The van der Waals surface area contributed by atoms with Crippen LogP contribution in [0.3, 0.4) is 0 Å². The van der Waals surface area contributed by atoms with E-state index in [2.05, 4.69) is 17.6 Å². The topological polar surface area (TPSA) is 71.8 Å². The first-order valence-electron chi connectivity index (χ1n) is 8.26. The number of carboxylic acid groups (broad SMARTS) is 1. The second kappa shape index (κ2) is 7.05. The van der Waals surface area contributed by atoms with Crippen LogP contribution in [-0.4, -0.2) is 52.3 Å². The van der Waals surface area contributed by atoms with Gasteiger partial charge in [-0.2, -0.15) is 0 Å². The van der Waals surface area contributed by atoms with Crippen LogP contribution >= 0.6 is 0 Å². The number of nitrogens with zero attached hydrogens (tertiary/aromatic N) is 2. The fourth-order valence-electron chi connectivity index (χ4n) is 3.26. The van der Waals surface area contributed by atoms with Gasteiger partial charge in [-0.15, -0.1) is 0 Å². The number of para-hydroxylation sites is 1.